The van der Waals surface area contributed by atoms with E-state index < -0.39 is 10.0 Å². The molecular formula is C13H9Cl2N3O2S. The summed E-state index contributed by atoms with van der Waals surface area (Å²) in [7, 11) is -3.78. The van der Waals surface area contributed by atoms with Gasteiger partial charge in [-0.15, -0.1) is 0 Å². The Balaban J connectivity index is 2.05. The lowest BCUT2D eigenvalue weighted by Crippen LogP contribution is -2.14. The summed E-state index contributed by atoms with van der Waals surface area (Å²) in [4.78, 5) is 7.00. The summed E-state index contributed by atoms with van der Waals surface area (Å²) in [6.45, 7) is 0. The van der Waals surface area contributed by atoms with Gasteiger partial charge in [0.05, 0.1) is 15.4 Å². The minimum atomic E-state index is -3.78. The molecule has 21 heavy (non-hydrogen) atoms. The first-order valence-electron chi connectivity index (χ1n) is 5.87. The Morgan fingerprint density at radius 2 is 2.00 bits per heavy atom. The van der Waals surface area contributed by atoms with Gasteiger partial charge in [-0.05, 0) is 24.3 Å². The number of benzene rings is 1. The van der Waals surface area contributed by atoms with E-state index in [1.54, 1.807) is 24.4 Å². The molecule has 3 rings (SSSR count). The van der Waals surface area contributed by atoms with Crippen LogP contribution in [0.25, 0.3) is 10.9 Å². The van der Waals surface area contributed by atoms with Crippen LogP contribution < -0.4 is 4.72 Å². The van der Waals surface area contributed by atoms with Crippen molar-refractivity contribution in [3.8, 4) is 0 Å². The molecule has 1 aromatic carbocycles. The average Bonchev–Trinajstić information content (AvgIpc) is 2.82. The Morgan fingerprint density at radius 1 is 1.19 bits per heavy atom. The second-order valence-corrected chi connectivity index (χ2v) is 6.81. The zero-order valence-electron chi connectivity index (χ0n) is 10.5. The number of rotatable bonds is 3. The Labute approximate surface area is 131 Å². The molecule has 0 unspecified atom stereocenters. The number of hydrogen-bond donors (Lipinski definition) is 2. The zero-order valence-corrected chi connectivity index (χ0v) is 12.8. The van der Waals surface area contributed by atoms with E-state index in [9.17, 15) is 8.42 Å². The van der Waals surface area contributed by atoms with Crippen molar-refractivity contribution in [2.45, 2.75) is 4.90 Å². The quantitative estimate of drug-likeness (QED) is 0.763. The standard InChI is InChI=1S/C13H9Cl2N3O2S/c14-8-2-1-3-9(6-8)21(19,20)18-13-12-10(4-5-16-13)11(15)7-17-12/h1-7,17H,(H,16,18). The molecule has 0 atom stereocenters. The summed E-state index contributed by atoms with van der Waals surface area (Å²) in [5.41, 5.74) is 0.521. The number of halogens is 2. The summed E-state index contributed by atoms with van der Waals surface area (Å²) in [5.74, 6) is 0.180. The third-order valence-electron chi connectivity index (χ3n) is 2.89. The molecule has 0 saturated carbocycles. The van der Waals surface area contributed by atoms with Crippen molar-refractivity contribution in [2.24, 2.45) is 0 Å². The molecule has 0 aliphatic rings. The van der Waals surface area contributed by atoms with Crippen LogP contribution in [-0.4, -0.2) is 18.4 Å². The molecule has 3 aromatic rings. The predicted octanol–water partition coefficient (Wildman–Crippen LogP) is 3.67. The second kappa shape index (κ2) is 5.22. The molecule has 0 saturated heterocycles. The van der Waals surface area contributed by atoms with Gasteiger partial charge in [-0.25, -0.2) is 13.4 Å². The highest BCUT2D eigenvalue weighted by Gasteiger charge is 2.17. The van der Waals surface area contributed by atoms with Crippen LogP contribution in [0.4, 0.5) is 5.82 Å². The highest BCUT2D eigenvalue weighted by molar-refractivity contribution is 7.92. The fourth-order valence-electron chi connectivity index (χ4n) is 1.92. The second-order valence-electron chi connectivity index (χ2n) is 4.28. The third kappa shape index (κ3) is 2.70. The van der Waals surface area contributed by atoms with Crippen molar-refractivity contribution in [3.63, 3.8) is 0 Å². The number of aromatic nitrogens is 2. The summed E-state index contributed by atoms with van der Waals surface area (Å²) in [6.07, 6.45) is 3.06. The molecule has 0 fully saturated rings. The van der Waals surface area contributed by atoms with Crippen molar-refractivity contribution >= 4 is 49.9 Å². The summed E-state index contributed by atoms with van der Waals surface area (Å²) in [5, 5.41) is 1.53. The maximum Gasteiger partial charge on any atom is 0.263 e. The number of fused-ring (bicyclic) bond motifs is 1. The highest BCUT2D eigenvalue weighted by atomic mass is 35.5. The summed E-state index contributed by atoms with van der Waals surface area (Å²) >= 11 is 11.8. The van der Waals surface area contributed by atoms with Gasteiger partial charge < -0.3 is 4.98 Å². The van der Waals surface area contributed by atoms with E-state index in [2.05, 4.69) is 14.7 Å². The van der Waals surface area contributed by atoms with E-state index in [1.807, 2.05) is 0 Å². The fraction of sp³-hybridized carbons (Fsp3) is 0. The van der Waals surface area contributed by atoms with Crippen LogP contribution in [0.2, 0.25) is 10.0 Å². The Hall–Kier alpha value is -1.76. The molecule has 2 N–H and O–H groups in total. The average molecular weight is 342 g/mol. The zero-order chi connectivity index (χ0) is 15.0. The fourth-order valence-corrected chi connectivity index (χ4v) is 3.45. The number of aromatic amines is 1. The van der Waals surface area contributed by atoms with Gasteiger partial charge in [-0.2, -0.15) is 0 Å². The van der Waals surface area contributed by atoms with E-state index in [0.29, 0.717) is 20.9 Å². The molecule has 5 nitrogen and oxygen atoms in total. The first-order chi connectivity index (χ1) is 9.97. The van der Waals surface area contributed by atoms with Gasteiger partial charge in [-0.1, -0.05) is 29.3 Å². The van der Waals surface area contributed by atoms with E-state index in [1.165, 1.54) is 18.3 Å². The largest absolute Gasteiger partial charge is 0.357 e. The van der Waals surface area contributed by atoms with E-state index >= 15 is 0 Å². The van der Waals surface area contributed by atoms with Gasteiger partial charge in [0.1, 0.15) is 0 Å². The lowest BCUT2D eigenvalue weighted by molar-refractivity contribution is 0.601. The monoisotopic (exact) mass is 341 g/mol. The topological polar surface area (TPSA) is 74.8 Å². The number of hydrogen-bond acceptors (Lipinski definition) is 3. The molecule has 2 heterocycles. The van der Waals surface area contributed by atoms with E-state index in [-0.39, 0.29) is 10.7 Å². The number of H-pyrrole nitrogens is 1. The van der Waals surface area contributed by atoms with Crippen LogP contribution in [0.5, 0.6) is 0 Å². The normalized spacial score (nSPS) is 11.7. The van der Waals surface area contributed by atoms with Crippen molar-refractivity contribution in [1.82, 2.24) is 9.97 Å². The summed E-state index contributed by atoms with van der Waals surface area (Å²) in [6, 6.07) is 7.69. The van der Waals surface area contributed by atoms with Crippen molar-refractivity contribution < 1.29 is 8.42 Å². The molecule has 0 radical (unpaired) electrons. The van der Waals surface area contributed by atoms with Gasteiger partial charge in [0, 0.05) is 22.8 Å². The molecule has 0 spiro atoms. The minimum Gasteiger partial charge on any atom is -0.357 e. The van der Waals surface area contributed by atoms with E-state index in [4.69, 9.17) is 23.2 Å². The van der Waals surface area contributed by atoms with Crippen LogP contribution in [-0.2, 0) is 10.0 Å². The highest BCUT2D eigenvalue weighted by Crippen LogP contribution is 2.28. The smallest absolute Gasteiger partial charge is 0.263 e. The molecule has 2 aromatic heterocycles. The third-order valence-corrected chi connectivity index (χ3v) is 4.77. The van der Waals surface area contributed by atoms with Gasteiger partial charge >= 0.3 is 0 Å². The first kappa shape index (κ1) is 14.2. The van der Waals surface area contributed by atoms with Crippen molar-refractivity contribution in [2.75, 3.05) is 4.72 Å². The maximum absolute atomic E-state index is 12.3. The van der Waals surface area contributed by atoms with Gasteiger partial charge in [0.2, 0.25) is 0 Å². The van der Waals surface area contributed by atoms with Crippen LogP contribution in [0, 0.1) is 0 Å². The molecule has 108 valence electrons. The Bertz CT molecular complexity index is 922. The van der Waals surface area contributed by atoms with Crippen LogP contribution in [0.3, 0.4) is 0 Å². The number of anilines is 1. The SMILES string of the molecule is O=S(=O)(Nc1nccc2c(Cl)c[nH]c12)c1cccc(Cl)c1. The van der Waals surface area contributed by atoms with Gasteiger partial charge in [-0.3, -0.25) is 4.72 Å². The van der Waals surface area contributed by atoms with Crippen LogP contribution in [0.1, 0.15) is 0 Å². The number of pyridine rings is 1. The van der Waals surface area contributed by atoms with Gasteiger partial charge in [0.25, 0.3) is 10.0 Å². The lowest BCUT2D eigenvalue weighted by atomic mass is 10.3. The minimum absolute atomic E-state index is 0.0615. The Morgan fingerprint density at radius 3 is 2.76 bits per heavy atom. The predicted molar refractivity (Wildman–Crippen MR) is 83.4 cm³/mol. The Kier molecular flexibility index (Phi) is 3.52. The van der Waals surface area contributed by atoms with Crippen molar-refractivity contribution in [1.29, 1.82) is 0 Å². The first-order valence-corrected chi connectivity index (χ1v) is 8.11. The molecule has 0 bridgehead atoms. The molecule has 8 heteroatoms. The van der Waals surface area contributed by atoms with Gasteiger partial charge in [0.15, 0.2) is 5.82 Å². The van der Waals surface area contributed by atoms with Crippen LogP contribution in [0.15, 0.2) is 47.6 Å². The summed E-state index contributed by atoms with van der Waals surface area (Å²) < 4.78 is 27.1. The number of nitrogens with zero attached hydrogens (tertiary/aromatic N) is 1. The molecule has 0 aliphatic heterocycles. The van der Waals surface area contributed by atoms with Crippen molar-refractivity contribution in [3.05, 3.63) is 52.8 Å². The maximum atomic E-state index is 12.3. The van der Waals surface area contributed by atoms with E-state index in [0.717, 1.165) is 0 Å². The lowest BCUT2D eigenvalue weighted by Gasteiger charge is -2.08. The molecule has 0 amide bonds. The number of sulfonamides is 1. The molecular weight excluding hydrogens is 333 g/mol. The van der Waals surface area contributed by atoms with Crippen LogP contribution >= 0.6 is 23.2 Å². The number of nitrogens with one attached hydrogen (secondary N) is 2. The molecule has 0 aliphatic carbocycles.